The molecule has 20 heavy (non-hydrogen) atoms. The fraction of sp³-hybridized carbons (Fsp3) is 0.333. The molecule has 0 unspecified atom stereocenters. The molecule has 0 radical (unpaired) electrons. The van der Waals surface area contributed by atoms with Crippen molar-refractivity contribution in [2.24, 2.45) is 0 Å². The number of hydrogen-bond donors (Lipinski definition) is 2. The van der Waals surface area contributed by atoms with E-state index in [1.165, 1.54) is 13.2 Å². The second-order valence-corrected chi connectivity index (χ2v) is 5.14. The molecule has 1 aromatic carbocycles. The topological polar surface area (TPSA) is 79.7 Å². The number of ether oxygens (including phenoxy) is 1. The van der Waals surface area contributed by atoms with E-state index in [2.05, 4.69) is 4.98 Å². The zero-order chi connectivity index (χ0) is 14.3. The second-order valence-electron chi connectivity index (χ2n) is 5.14. The summed E-state index contributed by atoms with van der Waals surface area (Å²) in [6, 6.07) is 6.97. The molecule has 0 amide bonds. The van der Waals surface area contributed by atoms with E-state index in [4.69, 9.17) is 9.84 Å². The van der Waals surface area contributed by atoms with Crippen molar-refractivity contribution in [1.29, 1.82) is 0 Å². The highest BCUT2D eigenvalue weighted by molar-refractivity contribution is 5.95. The van der Waals surface area contributed by atoms with Gasteiger partial charge in [0.1, 0.15) is 5.56 Å². The highest BCUT2D eigenvalue weighted by Gasteiger charge is 2.36. The third-order valence-electron chi connectivity index (χ3n) is 3.92. The number of benzene rings is 1. The number of carbonyl (C=O) groups is 1. The average molecular weight is 273 g/mol. The molecule has 1 saturated carbocycles. The van der Waals surface area contributed by atoms with Crippen LogP contribution in [0.1, 0.15) is 35.2 Å². The van der Waals surface area contributed by atoms with Crippen LogP contribution in [0.2, 0.25) is 0 Å². The van der Waals surface area contributed by atoms with Gasteiger partial charge in [0, 0.05) is 5.39 Å². The summed E-state index contributed by atoms with van der Waals surface area (Å²) in [5.41, 5.74) is 0.739. The summed E-state index contributed by atoms with van der Waals surface area (Å²) in [5.74, 6) is -0.985. The molecule has 5 nitrogen and oxygen atoms in total. The molecule has 5 heteroatoms. The van der Waals surface area contributed by atoms with Gasteiger partial charge in [-0.25, -0.2) is 9.78 Å². The molecule has 104 valence electrons. The number of aromatic nitrogens is 1. The van der Waals surface area contributed by atoms with E-state index in [0.29, 0.717) is 5.52 Å². The summed E-state index contributed by atoms with van der Waals surface area (Å²) < 4.78 is 5.03. The predicted molar refractivity (Wildman–Crippen MR) is 73.0 cm³/mol. The predicted octanol–water partition coefficient (Wildman–Crippen LogP) is 2.31. The fourth-order valence-corrected chi connectivity index (χ4v) is 2.55. The van der Waals surface area contributed by atoms with Gasteiger partial charge in [0.15, 0.2) is 0 Å². The minimum absolute atomic E-state index is 0.0371. The van der Waals surface area contributed by atoms with E-state index in [0.717, 1.165) is 30.2 Å². The van der Waals surface area contributed by atoms with Gasteiger partial charge < -0.3 is 14.9 Å². The second kappa shape index (κ2) is 4.45. The van der Waals surface area contributed by atoms with E-state index >= 15 is 0 Å². The van der Waals surface area contributed by atoms with Crippen LogP contribution in [0.5, 0.6) is 5.88 Å². The number of carboxylic acids is 1. The normalized spacial score (nSPS) is 16.7. The lowest BCUT2D eigenvalue weighted by molar-refractivity contribution is -0.0387. The number of pyridine rings is 1. The van der Waals surface area contributed by atoms with Crippen LogP contribution in [0.25, 0.3) is 10.9 Å². The van der Waals surface area contributed by atoms with E-state index < -0.39 is 11.6 Å². The fourth-order valence-electron chi connectivity index (χ4n) is 2.55. The Morgan fingerprint density at radius 3 is 2.65 bits per heavy atom. The van der Waals surface area contributed by atoms with Crippen molar-refractivity contribution in [1.82, 2.24) is 4.98 Å². The molecule has 1 aliphatic carbocycles. The van der Waals surface area contributed by atoms with Crippen LogP contribution < -0.4 is 4.74 Å². The highest BCUT2D eigenvalue weighted by atomic mass is 16.5. The van der Waals surface area contributed by atoms with Gasteiger partial charge in [0.25, 0.3) is 0 Å². The first-order valence-corrected chi connectivity index (χ1v) is 6.48. The van der Waals surface area contributed by atoms with Gasteiger partial charge in [-0.05, 0) is 37.0 Å². The third-order valence-corrected chi connectivity index (χ3v) is 3.92. The quantitative estimate of drug-likeness (QED) is 0.897. The Bertz CT molecular complexity index is 692. The SMILES string of the molecule is COc1nc2cc(C3(O)CCC3)ccc2cc1C(=O)O. The molecule has 0 atom stereocenters. The monoisotopic (exact) mass is 273 g/mol. The van der Waals surface area contributed by atoms with Crippen molar-refractivity contribution in [3.8, 4) is 5.88 Å². The molecule has 3 rings (SSSR count). The van der Waals surface area contributed by atoms with Crippen LogP contribution in [0.4, 0.5) is 0 Å². The molecule has 0 saturated heterocycles. The molecular formula is C15H15NO4. The summed E-state index contributed by atoms with van der Waals surface area (Å²) in [7, 11) is 1.39. The van der Waals surface area contributed by atoms with Gasteiger partial charge in [0.05, 0.1) is 18.2 Å². The van der Waals surface area contributed by atoms with Crippen molar-refractivity contribution in [2.45, 2.75) is 24.9 Å². The molecule has 0 bridgehead atoms. The number of aliphatic hydroxyl groups is 1. The molecule has 2 aromatic rings. The maximum atomic E-state index is 11.1. The average Bonchev–Trinajstić information content (AvgIpc) is 2.42. The maximum Gasteiger partial charge on any atom is 0.341 e. The lowest BCUT2D eigenvalue weighted by Gasteiger charge is -2.37. The molecule has 2 N–H and O–H groups in total. The van der Waals surface area contributed by atoms with Gasteiger partial charge in [0.2, 0.25) is 5.88 Å². The molecule has 0 aliphatic heterocycles. The summed E-state index contributed by atoms with van der Waals surface area (Å²) in [6.07, 6.45) is 2.52. The van der Waals surface area contributed by atoms with Gasteiger partial charge in [-0.2, -0.15) is 0 Å². The van der Waals surface area contributed by atoms with Crippen molar-refractivity contribution >= 4 is 16.9 Å². The van der Waals surface area contributed by atoms with Gasteiger partial charge in [-0.3, -0.25) is 0 Å². The van der Waals surface area contributed by atoms with E-state index in [1.54, 1.807) is 6.07 Å². The molecular weight excluding hydrogens is 258 g/mol. The molecule has 1 fully saturated rings. The first-order valence-electron chi connectivity index (χ1n) is 6.48. The number of nitrogens with zero attached hydrogens (tertiary/aromatic N) is 1. The number of hydrogen-bond acceptors (Lipinski definition) is 4. The Balaban J connectivity index is 2.15. The Morgan fingerprint density at radius 2 is 2.10 bits per heavy atom. The lowest BCUT2D eigenvalue weighted by atomic mass is 9.75. The summed E-state index contributed by atoms with van der Waals surface area (Å²) in [6.45, 7) is 0. The van der Waals surface area contributed by atoms with Crippen LogP contribution in [0.3, 0.4) is 0 Å². The maximum absolute atomic E-state index is 11.1. The molecule has 1 aliphatic rings. The largest absolute Gasteiger partial charge is 0.480 e. The van der Waals surface area contributed by atoms with Crippen molar-refractivity contribution < 1.29 is 19.7 Å². The minimum atomic E-state index is -1.07. The first-order chi connectivity index (χ1) is 9.53. The van der Waals surface area contributed by atoms with E-state index in [1.807, 2.05) is 12.1 Å². The summed E-state index contributed by atoms with van der Waals surface area (Å²) in [5, 5.41) is 20.2. The number of carboxylic acid groups (broad SMARTS) is 1. The van der Waals surface area contributed by atoms with E-state index in [-0.39, 0.29) is 11.4 Å². The number of rotatable bonds is 3. The minimum Gasteiger partial charge on any atom is -0.480 e. The third kappa shape index (κ3) is 1.91. The summed E-state index contributed by atoms with van der Waals surface area (Å²) >= 11 is 0. The van der Waals surface area contributed by atoms with Gasteiger partial charge >= 0.3 is 5.97 Å². The van der Waals surface area contributed by atoms with Crippen LogP contribution in [-0.4, -0.2) is 28.3 Å². The van der Waals surface area contributed by atoms with Gasteiger partial charge in [-0.1, -0.05) is 12.1 Å². The van der Waals surface area contributed by atoms with Crippen molar-refractivity contribution in [2.75, 3.05) is 7.11 Å². The Morgan fingerprint density at radius 1 is 1.35 bits per heavy atom. The zero-order valence-corrected chi connectivity index (χ0v) is 11.1. The molecule has 0 spiro atoms. The van der Waals surface area contributed by atoms with Gasteiger partial charge in [-0.15, -0.1) is 0 Å². The molecule has 1 aromatic heterocycles. The Kier molecular flexibility index (Phi) is 2.87. The standard InChI is InChI=1S/C15H15NO4/c1-20-13-11(14(17)18)7-9-3-4-10(8-12(9)16-13)15(19)5-2-6-15/h3-4,7-8,19H,2,5-6H2,1H3,(H,17,18). The Labute approximate surface area is 115 Å². The highest BCUT2D eigenvalue weighted by Crippen LogP contribution is 2.41. The summed E-state index contributed by atoms with van der Waals surface area (Å²) in [4.78, 5) is 15.4. The van der Waals surface area contributed by atoms with Crippen LogP contribution in [0, 0.1) is 0 Å². The van der Waals surface area contributed by atoms with Crippen LogP contribution in [-0.2, 0) is 5.60 Å². The number of fused-ring (bicyclic) bond motifs is 1. The Hall–Kier alpha value is -2.14. The van der Waals surface area contributed by atoms with E-state index in [9.17, 15) is 9.90 Å². The smallest absolute Gasteiger partial charge is 0.341 e. The van der Waals surface area contributed by atoms with Crippen molar-refractivity contribution in [3.05, 3.63) is 35.4 Å². The zero-order valence-electron chi connectivity index (χ0n) is 11.1. The van der Waals surface area contributed by atoms with Crippen LogP contribution in [0.15, 0.2) is 24.3 Å². The lowest BCUT2D eigenvalue weighted by Crippen LogP contribution is -2.33. The van der Waals surface area contributed by atoms with Crippen molar-refractivity contribution in [3.63, 3.8) is 0 Å². The number of methoxy groups -OCH3 is 1. The first kappa shape index (κ1) is 12.9. The molecule has 1 heterocycles. The van der Waals surface area contributed by atoms with Crippen LogP contribution >= 0.6 is 0 Å². The number of aromatic carboxylic acids is 1.